The lowest BCUT2D eigenvalue weighted by atomic mass is 10.3. The number of H-pyrrole nitrogens is 1. The molecule has 0 saturated heterocycles. The normalized spacial score (nSPS) is 14.5. The predicted octanol–water partition coefficient (Wildman–Crippen LogP) is 0.342. The van der Waals surface area contributed by atoms with Crippen molar-refractivity contribution in [2.45, 2.75) is 6.54 Å². The molecule has 1 aliphatic rings. The van der Waals surface area contributed by atoms with Crippen LogP contribution < -0.4 is 0 Å². The smallest absolute Gasteiger partial charge is 0.0812 e. The van der Waals surface area contributed by atoms with Crippen LogP contribution in [0, 0.1) is 0 Å². The van der Waals surface area contributed by atoms with Crippen molar-refractivity contribution in [1.82, 2.24) is 10.2 Å². The summed E-state index contributed by atoms with van der Waals surface area (Å²) in [5.41, 5.74) is 2.26. The first kappa shape index (κ1) is 3.83. The van der Waals surface area contributed by atoms with Crippen molar-refractivity contribution in [3.8, 4) is 0 Å². The second kappa shape index (κ2) is 1.18. The Bertz CT molecular complexity index is 223. The van der Waals surface area contributed by atoms with Gasteiger partial charge in [-0.05, 0) is 0 Å². The van der Waals surface area contributed by atoms with Crippen LogP contribution in [0.5, 0.6) is 0 Å². The third-order valence-corrected chi connectivity index (χ3v) is 1.23. The molecule has 0 saturated carbocycles. The second-order valence-corrected chi connectivity index (χ2v) is 1.77. The fraction of sp³-hybridized carbons (Fsp3) is 0.200. The lowest BCUT2D eigenvalue weighted by molar-refractivity contribution is 0.962. The summed E-state index contributed by atoms with van der Waals surface area (Å²) < 4.78 is 0. The van der Waals surface area contributed by atoms with Crippen LogP contribution in [0.25, 0.3) is 0 Å². The first-order valence-corrected chi connectivity index (χ1v) is 2.49. The molecule has 0 spiro atoms. The minimum absolute atomic E-state index is 0.773. The Hall–Kier alpha value is -1.12. The Morgan fingerprint density at radius 3 is 3.50 bits per heavy atom. The zero-order valence-electron chi connectivity index (χ0n) is 4.26. The van der Waals surface area contributed by atoms with E-state index in [2.05, 4.69) is 15.2 Å². The molecule has 2 heterocycles. The van der Waals surface area contributed by atoms with Gasteiger partial charge in [0.05, 0.1) is 18.4 Å². The maximum Gasteiger partial charge on any atom is 0.0812 e. The third-order valence-electron chi connectivity index (χ3n) is 1.23. The van der Waals surface area contributed by atoms with Crippen molar-refractivity contribution in [3.05, 3.63) is 17.5 Å². The van der Waals surface area contributed by atoms with Gasteiger partial charge >= 0.3 is 0 Å². The van der Waals surface area contributed by atoms with Crippen molar-refractivity contribution in [2.24, 2.45) is 4.99 Å². The summed E-state index contributed by atoms with van der Waals surface area (Å²) in [7, 11) is 0. The number of fused-ring (bicyclic) bond motifs is 1. The molecule has 0 aromatic carbocycles. The first-order valence-electron chi connectivity index (χ1n) is 2.49. The van der Waals surface area contributed by atoms with Gasteiger partial charge < -0.3 is 0 Å². The summed E-state index contributed by atoms with van der Waals surface area (Å²) in [6.45, 7) is 0.773. The molecule has 2 rings (SSSR count). The van der Waals surface area contributed by atoms with Crippen LogP contribution in [0.3, 0.4) is 0 Å². The SMILES string of the molecule is C1=NCc2[nH]ncc21. The van der Waals surface area contributed by atoms with Crippen molar-refractivity contribution in [1.29, 1.82) is 0 Å². The number of hydrogen-bond donors (Lipinski definition) is 1. The summed E-state index contributed by atoms with van der Waals surface area (Å²) >= 11 is 0. The number of aliphatic imine (C=N–C) groups is 1. The summed E-state index contributed by atoms with van der Waals surface area (Å²) in [6, 6.07) is 0. The van der Waals surface area contributed by atoms with Gasteiger partial charge in [-0.3, -0.25) is 10.1 Å². The van der Waals surface area contributed by atoms with Crippen LogP contribution in [-0.4, -0.2) is 16.4 Å². The predicted molar refractivity (Wildman–Crippen MR) is 29.9 cm³/mol. The Kier molecular flexibility index (Phi) is 0.566. The molecule has 1 aliphatic heterocycles. The highest BCUT2D eigenvalue weighted by Crippen LogP contribution is 2.08. The van der Waals surface area contributed by atoms with Gasteiger partial charge in [-0.15, -0.1) is 0 Å². The van der Waals surface area contributed by atoms with E-state index in [1.54, 1.807) is 6.20 Å². The van der Waals surface area contributed by atoms with Crippen LogP contribution in [0.15, 0.2) is 11.2 Å². The maximum atomic E-state index is 4.02. The second-order valence-electron chi connectivity index (χ2n) is 1.77. The molecule has 3 nitrogen and oxygen atoms in total. The van der Waals surface area contributed by atoms with Gasteiger partial charge in [-0.2, -0.15) is 5.10 Å². The zero-order valence-corrected chi connectivity index (χ0v) is 4.26. The number of hydrogen-bond acceptors (Lipinski definition) is 2. The first-order chi connectivity index (χ1) is 3.97. The summed E-state index contributed by atoms with van der Waals surface area (Å²) in [6.07, 6.45) is 3.62. The largest absolute Gasteiger partial charge is 0.286 e. The van der Waals surface area contributed by atoms with E-state index >= 15 is 0 Å². The van der Waals surface area contributed by atoms with E-state index in [9.17, 15) is 0 Å². The van der Waals surface area contributed by atoms with E-state index in [0.29, 0.717) is 0 Å². The quantitative estimate of drug-likeness (QED) is 0.510. The fourth-order valence-electron chi connectivity index (χ4n) is 0.795. The molecular weight excluding hydrogens is 102 g/mol. The Morgan fingerprint density at radius 2 is 2.62 bits per heavy atom. The van der Waals surface area contributed by atoms with Crippen molar-refractivity contribution in [3.63, 3.8) is 0 Å². The van der Waals surface area contributed by atoms with E-state index in [4.69, 9.17) is 0 Å². The fourth-order valence-corrected chi connectivity index (χ4v) is 0.795. The molecule has 8 heavy (non-hydrogen) atoms. The Morgan fingerprint density at radius 1 is 1.62 bits per heavy atom. The van der Waals surface area contributed by atoms with Gasteiger partial charge in [0.15, 0.2) is 0 Å². The van der Waals surface area contributed by atoms with Crippen molar-refractivity contribution in [2.75, 3.05) is 0 Å². The monoisotopic (exact) mass is 107 g/mol. The molecule has 40 valence electrons. The highest BCUT2D eigenvalue weighted by atomic mass is 15.1. The number of aromatic nitrogens is 2. The van der Waals surface area contributed by atoms with Gasteiger partial charge in [-0.1, -0.05) is 0 Å². The van der Waals surface area contributed by atoms with E-state index in [1.165, 1.54) is 0 Å². The Balaban J connectivity index is 2.67. The molecule has 0 atom stereocenters. The van der Waals surface area contributed by atoms with Gasteiger partial charge in [-0.25, -0.2) is 0 Å². The summed E-state index contributed by atoms with van der Waals surface area (Å²) in [4.78, 5) is 4.02. The highest BCUT2D eigenvalue weighted by molar-refractivity contribution is 5.82. The average molecular weight is 107 g/mol. The number of rotatable bonds is 0. The minimum atomic E-state index is 0.773. The summed E-state index contributed by atoms with van der Waals surface area (Å²) in [5, 5.41) is 6.67. The van der Waals surface area contributed by atoms with Crippen LogP contribution >= 0.6 is 0 Å². The molecule has 0 aliphatic carbocycles. The van der Waals surface area contributed by atoms with Crippen LogP contribution in [0.2, 0.25) is 0 Å². The molecule has 1 N–H and O–H groups in total. The molecule has 0 bridgehead atoms. The van der Waals surface area contributed by atoms with Crippen LogP contribution in [0.1, 0.15) is 11.3 Å². The number of aromatic amines is 1. The van der Waals surface area contributed by atoms with Crippen molar-refractivity contribution >= 4 is 6.21 Å². The Labute approximate surface area is 46.4 Å². The maximum absolute atomic E-state index is 4.02. The third kappa shape index (κ3) is 0.332. The number of nitrogens with one attached hydrogen (secondary N) is 1. The van der Waals surface area contributed by atoms with E-state index in [1.807, 2.05) is 6.21 Å². The topological polar surface area (TPSA) is 41.0 Å². The molecule has 3 heteroatoms. The average Bonchev–Trinajstić information content (AvgIpc) is 2.15. The van der Waals surface area contributed by atoms with Crippen LogP contribution in [0.4, 0.5) is 0 Å². The van der Waals surface area contributed by atoms with Gasteiger partial charge in [0, 0.05) is 11.8 Å². The van der Waals surface area contributed by atoms with Gasteiger partial charge in [0.25, 0.3) is 0 Å². The standard InChI is InChI=1S/C5H5N3/c1-4-2-7-8-5(4)3-6-1/h1-2H,3H2,(H,7,8). The molecular formula is C5H5N3. The zero-order chi connectivity index (χ0) is 5.40. The molecule has 0 unspecified atom stereocenters. The molecule has 0 fully saturated rings. The van der Waals surface area contributed by atoms with Crippen molar-refractivity contribution < 1.29 is 0 Å². The van der Waals surface area contributed by atoms with Gasteiger partial charge in [0.2, 0.25) is 0 Å². The molecule has 1 aromatic rings. The molecule has 1 aromatic heterocycles. The summed E-state index contributed by atoms with van der Waals surface area (Å²) in [5.74, 6) is 0. The van der Waals surface area contributed by atoms with Crippen LogP contribution in [-0.2, 0) is 6.54 Å². The van der Waals surface area contributed by atoms with E-state index in [0.717, 1.165) is 17.8 Å². The minimum Gasteiger partial charge on any atom is -0.286 e. The lowest BCUT2D eigenvalue weighted by Gasteiger charge is -1.78. The van der Waals surface area contributed by atoms with E-state index < -0.39 is 0 Å². The molecule has 0 amide bonds. The van der Waals surface area contributed by atoms with Gasteiger partial charge in [0.1, 0.15) is 0 Å². The lowest BCUT2D eigenvalue weighted by Crippen LogP contribution is -1.76. The molecule has 0 radical (unpaired) electrons. The number of nitrogens with zero attached hydrogens (tertiary/aromatic N) is 2. The van der Waals surface area contributed by atoms with E-state index in [-0.39, 0.29) is 0 Å². The highest BCUT2D eigenvalue weighted by Gasteiger charge is 2.05.